The molecule has 0 bridgehead atoms. The first kappa shape index (κ1) is 21.8. The van der Waals surface area contributed by atoms with Crippen molar-refractivity contribution in [3.05, 3.63) is 70.8 Å². The van der Waals surface area contributed by atoms with E-state index in [0.29, 0.717) is 18.9 Å². The number of Topliss-reactive ketones (excluding diaryl/α,β-unsaturated/α-hetero) is 1. The van der Waals surface area contributed by atoms with Gasteiger partial charge in [-0.15, -0.1) is 0 Å². The van der Waals surface area contributed by atoms with Crippen LogP contribution in [0.4, 0.5) is 0 Å². The van der Waals surface area contributed by atoms with Gasteiger partial charge in [0, 0.05) is 38.5 Å². The van der Waals surface area contributed by atoms with Gasteiger partial charge in [0.25, 0.3) is 0 Å². The van der Waals surface area contributed by atoms with Crippen LogP contribution < -0.4 is 0 Å². The molecule has 0 aromatic heterocycles. The third-order valence-corrected chi connectivity index (χ3v) is 6.94. The molecule has 164 valence electrons. The topological polar surface area (TPSA) is 40.6 Å². The molecule has 2 aliphatic heterocycles. The van der Waals surface area contributed by atoms with E-state index in [2.05, 4.69) is 41.3 Å². The Kier molecular flexibility index (Phi) is 7.18. The Hall–Kier alpha value is -2.46. The number of ketones is 1. The van der Waals surface area contributed by atoms with E-state index in [1.165, 1.54) is 24.0 Å². The van der Waals surface area contributed by atoms with Gasteiger partial charge < -0.3 is 4.90 Å². The highest BCUT2D eigenvalue weighted by Crippen LogP contribution is 2.25. The summed E-state index contributed by atoms with van der Waals surface area (Å²) in [5, 5.41) is 0. The first-order valence-corrected chi connectivity index (χ1v) is 11.8. The number of amides is 1. The SMILES string of the molecule is CC(=O)N1CCCc2ccc(C(=O)CCC3CCN(Cc4ccccc4)CC3)cc2C1. The third-order valence-electron chi connectivity index (χ3n) is 6.94. The summed E-state index contributed by atoms with van der Waals surface area (Å²) < 4.78 is 0. The maximum Gasteiger partial charge on any atom is 0.219 e. The van der Waals surface area contributed by atoms with Crippen LogP contribution in [0, 0.1) is 5.92 Å². The van der Waals surface area contributed by atoms with Crippen molar-refractivity contribution in [2.75, 3.05) is 19.6 Å². The number of likely N-dealkylation sites (tertiary alicyclic amines) is 1. The number of hydrogen-bond donors (Lipinski definition) is 0. The lowest BCUT2D eigenvalue weighted by molar-refractivity contribution is -0.129. The average Bonchev–Trinajstić information content (AvgIpc) is 3.01. The van der Waals surface area contributed by atoms with Crippen LogP contribution >= 0.6 is 0 Å². The lowest BCUT2D eigenvalue weighted by Crippen LogP contribution is -2.33. The van der Waals surface area contributed by atoms with E-state index in [1.54, 1.807) is 6.92 Å². The third kappa shape index (κ3) is 5.82. The molecule has 2 aromatic carbocycles. The molecule has 1 amide bonds. The number of carbonyl (C=O) groups is 2. The summed E-state index contributed by atoms with van der Waals surface area (Å²) in [7, 11) is 0. The first-order valence-electron chi connectivity index (χ1n) is 11.8. The molecule has 1 fully saturated rings. The molecule has 4 rings (SSSR count). The second-order valence-electron chi connectivity index (χ2n) is 9.19. The lowest BCUT2D eigenvalue weighted by atomic mass is 9.89. The smallest absolute Gasteiger partial charge is 0.219 e. The molecule has 0 N–H and O–H groups in total. The van der Waals surface area contributed by atoms with Crippen molar-refractivity contribution in [1.82, 2.24) is 9.80 Å². The van der Waals surface area contributed by atoms with E-state index in [4.69, 9.17) is 0 Å². The Morgan fingerprint density at radius 1 is 0.968 bits per heavy atom. The van der Waals surface area contributed by atoms with Gasteiger partial charge in [0.05, 0.1) is 0 Å². The van der Waals surface area contributed by atoms with Gasteiger partial charge in [-0.25, -0.2) is 0 Å². The van der Waals surface area contributed by atoms with Gasteiger partial charge in [0.1, 0.15) is 0 Å². The zero-order valence-corrected chi connectivity index (χ0v) is 18.7. The molecular formula is C27H34N2O2. The van der Waals surface area contributed by atoms with Gasteiger partial charge in [-0.05, 0) is 73.9 Å². The zero-order valence-electron chi connectivity index (χ0n) is 18.7. The minimum atomic E-state index is 0.114. The van der Waals surface area contributed by atoms with Crippen LogP contribution in [0.2, 0.25) is 0 Å². The summed E-state index contributed by atoms with van der Waals surface area (Å²) in [6, 6.07) is 16.8. The molecule has 0 spiro atoms. The molecule has 0 aliphatic carbocycles. The summed E-state index contributed by atoms with van der Waals surface area (Å²) in [6.07, 6.45) is 5.93. The highest BCUT2D eigenvalue weighted by atomic mass is 16.2. The zero-order chi connectivity index (χ0) is 21.6. The van der Waals surface area contributed by atoms with E-state index in [0.717, 1.165) is 56.6 Å². The van der Waals surface area contributed by atoms with Gasteiger partial charge in [-0.1, -0.05) is 42.5 Å². The molecule has 4 nitrogen and oxygen atoms in total. The van der Waals surface area contributed by atoms with E-state index >= 15 is 0 Å². The first-order chi connectivity index (χ1) is 15.1. The van der Waals surface area contributed by atoms with Gasteiger partial charge in [0.15, 0.2) is 5.78 Å². The summed E-state index contributed by atoms with van der Waals surface area (Å²) in [5.74, 6) is 1.00. The number of fused-ring (bicyclic) bond motifs is 1. The minimum absolute atomic E-state index is 0.114. The number of rotatable bonds is 6. The van der Waals surface area contributed by atoms with Gasteiger partial charge >= 0.3 is 0 Å². The van der Waals surface area contributed by atoms with Crippen LogP contribution in [0.3, 0.4) is 0 Å². The molecule has 0 radical (unpaired) electrons. The quantitative estimate of drug-likeness (QED) is 0.629. The van der Waals surface area contributed by atoms with Crippen molar-refractivity contribution in [3.8, 4) is 0 Å². The van der Waals surface area contributed by atoms with Crippen molar-refractivity contribution >= 4 is 11.7 Å². The van der Waals surface area contributed by atoms with Crippen LogP contribution in [-0.2, 0) is 24.3 Å². The molecule has 2 aromatic rings. The molecule has 1 saturated heterocycles. The summed E-state index contributed by atoms with van der Waals surface area (Å²) in [4.78, 5) is 29.1. The van der Waals surface area contributed by atoms with Crippen LogP contribution in [-0.4, -0.2) is 41.1 Å². The Labute approximate surface area is 186 Å². The number of carbonyl (C=O) groups excluding carboxylic acids is 2. The number of hydrogen-bond acceptors (Lipinski definition) is 3. The molecule has 4 heteroatoms. The average molecular weight is 419 g/mol. The molecule has 0 saturated carbocycles. The van der Waals surface area contributed by atoms with Gasteiger partial charge in [-0.2, -0.15) is 0 Å². The van der Waals surface area contributed by atoms with Crippen molar-refractivity contribution in [3.63, 3.8) is 0 Å². The van der Waals surface area contributed by atoms with Gasteiger partial charge in [0.2, 0.25) is 5.91 Å². The molecular weight excluding hydrogens is 384 g/mol. The Morgan fingerprint density at radius 2 is 1.74 bits per heavy atom. The maximum atomic E-state index is 12.9. The number of piperidine rings is 1. The van der Waals surface area contributed by atoms with Crippen LogP contribution in [0.15, 0.2) is 48.5 Å². The van der Waals surface area contributed by atoms with Gasteiger partial charge in [-0.3, -0.25) is 14.5 Å². The Morgan fingerprint density at radius 3 is 2.48 bits per heavy atom. The highest BCUT2D eigenvalue weighted by molar-refractivity contribution is 5.96. The second-order valence-corrected chi connectivity index (χ2v) is 9.19. The van der Waals surface area contributed by atoms with E-state index < -0.39 is 0 Å². The molecule has 2 aliphatic rings. The summed E-state index contributed by atoms with van der Waals surface area (Å²) >= 11 is 0. The van der Waals surface area contributed by atoms with Crippen LogP contribution in [0.25, 0.3) is 0 Å². The standard InChI is InChI=1S/C27H34N2O2/c1-21(30)29-15-5-8-24-10-11-25(18-26(24)20-29)27(31)12-9-22-13-16-28(17-14-22)19-23-6-3-2-4-7-23/h2-4,6-7,10-11,18,22H,5,8-9,12-17,19-20H2,1H3. The Bertz CT molecular complexity index is 901. The summed E-state index contributed by atoms with van der Waals surface area (Å²) in [6.45, 7) is 6.33. The van der Waals surface area contributed by atoms with E-state index in [-0.39, 0.29) is 11.7 Å². The fraction of sp³-hybridized carbons (Fsp3) is 0.481. The lowest BCUT2D eigenvalue weighted by Gasteiger charge is -2.32. The Balaban J connectivity index is 1.27. The maximum absolute atomic E-state index is 12.9. The molecule has 0 atom stereocenters. The van der Waals surface area contributed by atoms with Crippen LogP contribution in [0.1, 0.15) is 66.1 Å². The monoisotopic (exact) mass is 418 g/mol. The predicted molar refractivity (Wildman–Crippen MR) is 124 cm³/mol. The van der Waals surface area contributed by atoms with Crippen molar-refractivity contribution in [1.29, 1.82) is 0 Å². The largest absolute Gasteiger partial charge is 0.339 e. The summed E-state index contributed by atoms with van der Waals surface area (Å²) in [5.41, 5.74) is 4.62. The van der Waals surface area contributed by atoms with E-state index in [9.17, 15) is 9.59 Å². The predicted octanol–water partition coefficient (Wildman–Crippen LogP) is 4.86. The van der Waals surface area contributed by atoms with E-state index in [1.807, 2.05) is 17.0 Å². The molecule has 2 heterocycles. The number of aryl methyl sites for hydroxylation is 1. The molecule has 31 heavy (non-hydrogen) atoms. The minimum Gasteiger partial charge on any atom is -0.339 e. The fourth-order valence-electron chi connectivity index (χ4n) is 4.96. The van der Waals surface area contributed by atoms with Crippen molar-refractivity contribution < 1.29 is 9.59 Å². The fourth-order valence-corrected chi connectivity index (χ4v) is 4.96. The highest BCUT2D eigenvalue weighted by Gasteiger charge is 2.21. The molecule has 0 unspecified atom stereocenters. The second kappa shape index (κ2) is 10.2. The van der Waals surface area contributed by atoms with Crippen molar-refractivity contribution in [2.24, 2.45) is 5.92 Å². The number of nitrogens with zero attached hydrogens (tertiary/aromatic N) is 2. The normalized spacial score (nSPS) is 17.8. The van der Waals surface area contributed by atoms with Crippen molar-refractivity contribution in [2.45, 2.75) is 58.5 Å². The van der Waals surface area contributed by atoms with Crippen LogP contribution in [0.5, 0.6) is 0 Å². The number of benzene rings is 2.